The molecule has 7 atom stereocenters. The maximum atomic E-state index is 15.0. The Balaban J connectivity index is 1.37. The van der Waals surface area contributed by atoms with Gasteiger partial charge in [0.2, 0.25) is 33.7 Å². The first-order valence-corrected chi connectivity index (χ1v) is 21.6. The number of nitrogens with one attached hydrogen (secondary N) is 1. The molecule has 6 rings (SSSR count). The highest BCUT2D eigenvalue weighted by Crippen LogP contribution is 2.57. The van der Waals surface area contributed by atoms with Crippen LogP contribution in [0.5, 0.6) is 11.6 Å². The molecule has 1 saturated heterocycles. The molecule has 1 N–H and O–H groups in total. The van der Waals surface area contributed by atoms with Gasteiger partial charge in [0.15, 0.2) is 5.78 Å². The third-order valence-corrected chi connectivity index (χ3v) is 14.3. The third kappa shape index (κ3) is 9.23. The minimum absolute atomic E-state index is 0.0243. The van der Waals surface area contributed by atoms with Crippen molar-refractivity contribution in [2.75, 3.05) is 32.6 Å². The Kier molecular flexibility index (Phi) is 11.8. The largest absolute Gasteiger partial charge is 0.497 e. The molecule has 2 aromatic rings. The number of benzene rings is 1. The van der Waals surface area contributed by atoms with Gasteiger partial charge in [-0.2, -0.15) is 4.98 Å². The van der Waals surface area contributed by atoms with Crippen molar-refractivity contribution in [2.24, 2.45) is 29.1 Å². The first-order chi connectivity index (χ1) is 26.6. The van der Waals surface area contributed by atoms with Crippen molar-refractivity contribution >= 4 is 50.4 Å². The van der Waals surface area contributed by atoms with Crippen molar-refractivity contribution in [1.29, 1.82) is 0 Å². The predicted molar refractivity (Wildman–Crippen MR) is 215 cm³/mol. The zero-order valence-corrected chi connectivity index (χ0v) is 35.6. The number of esters is 1. The van der Waals surface area contributed by atoms with E-state index in [-0.39, 0.29) is 61.1 Å². The van der Waals surface area contributed by atoms with Gasteiger partial charge in [-0.25, -0.2) is 13.4 Å². The van der Waals surface area contributed by atoms with Crippen LogP contribution in [0.2, 0.25) is 0 Å². The number of aromatic nitrogens is 2. The van der Waals surface area contributed by atoms with E-state index < -0.39 is 55.7 Å². The van der Waals surface area contributed by atoms with Gasteiger partial charge in [0.1, 0.15) is 17.5 Å². The molecule has 1 aromatic carbocycles. The highest BCUT2D eigenvalue weighted by molar-refractivity contribution is 7.91. The van der Waals surface area contributed by atoms with Crippen LogP contribution in [-0.2, 0) is 33.9 Å². The fourth-order valence-electron chi connectivity index (χ4n) is 8.29. The minimum Gasteiger partial charge on any atom is -0.497 e. The number of hydrogen-bond acceptors (Lipinski definition) is 12. The lowest BCUT2D eigenvalue weighted by Crippen LogP contribution is -2.48. The molecule has 0 radical (unpaired) electrons. The number of anilines is 1. The molecule has 3 fully saturated rings. The maximum absolute atomic E-state index is 15.0. The monoisotopic (exact) mass is 809 g/mol. The summed E-state index contributed by atoms with van der Waals surface area (Å²) in [5.74, 6) is -1.81. The van der Waals surface area contributed by atoms with Gasteiger partial charge in [-0.15, -0.1) is 0 Å². The number of rotatable bonds is 9. The molecule has 1 aromatic heterocycles. The lowest BCUT2D eigenvalue weighted by atomic mass is 9.82. The molecule has 2 aliphatic heterocycles. The van der Waals surface area contributed by atoms with Gasteiger partial charge < -0.3 is 24.0 Å². The van der Waals surface area contributed by atoms with Crippen molar-refractivity contribution in [1.82, 2.24) is 19.6 Å². The van der Waals surface area contributed by atoms with Crippen LogP contribution in [0.25, 0.3) is 10.9 Å². The van der Waals surface area contributed by atoms with Crippen LogP contribution < -0.4 is 19.1 Å². The molecule has 4 aliphatic rings. The van der Waals surface area contributed by atoms with Crippen LogP contribution in [0, 0.1) is 29.1 Å². The summed E-state index contributed by atoms with van der Waals surface area (Å²) >= 11 is 0. The Morgan fingerprint density at radius 1 is 1.09 bits per heavy atom. The second kappa shape index (κ2) is 15.8. The van der Waals surface area contributed by atoms with E-state index in [1.165, 1.54) is 4.90 Å². The summed E-state index contributed by atoms with van der Waals surface area (Å²) in [6, 6.07) is 4.35. The average Bonchev–Trinajstić information content (AvgIpc) is 4.00. The topological polar surface area (TPSA) is 174 Å². The number of ether oxygens (including phenoxy) is 3. The van der Waals surface area contributed by atoms with Crippen LogP contribution >= 0.6 is 0 Å². The molecular weight excluding hydrogens is 751 g/mol. The van der Waals surface area contributed by atoms with Crippen LogP contribution in [0.15, 0.2) is 30.4 Å². The quantitative estimate of drug-likeness (QED) is 0.254. The SMILES string of the molecule is COc1ccc2c(O[C@@H]3C[C@H]4C(=O)C[C@]5(C(=O)NS(=O)(=O)C6(C)CC6)C[C@H]5/C=C\CC[C@@H](C)C[C@@H](C)[C@H](CC(=O)OC(C)(C)C)C(=O)N4C3)nc(N(C)C)nc2c1. The molecule has 2 saturated carbocycles. The van der Waals surface area contributed by atoms with Gasteiger partial charge in [0.05, 0.1) is 53.1 Å². The van der Waals surface area contributed by atoms with Gasteiger partial charge in [0.25, 0.3) is 0 Å². The van der Waals surface area contributed by atoms with E-state index in [0.717, 1.165) is 6.42 Å². The van der Waals surface area contributed by atoms with Crippen LogP contribution in [-0.4, -0.2) is 97.1 Å². The van der Waals surface area contributed by atoms with E-state index >= 15 is 0 Å². The molecule has 57 heavy (non-hydrogen) atoms. The number of carbonyl (C=O) groups is 4. The summed E-state index contributed by atoms with van der Waals surface area (Å²) in [6.45, 7) is 11.1. The second-order valence-electron chi connectivity index (χ2n) is 18.3. The van der Waals surface area contributed by atoms with E-state index in [9.17, 15) is 27.6 Å². The van der Waals surface area contributed by atoms with Crippen molar-refractivity contribution in [3.05, 3.63) is 30.4 Å². The number of carbonyl (C=O) groups excluding carboxylic acids is 4. The molecule has 312 valence electrons. The number of Topliss-reactive ketones (excluding diaryl/α,β-unsaturated/α-hetero) is 1. The van der Waals surface area contributed by atoms with E-state index in [1.807, 2.05) is 33.2 Å². The Morgan fingerprint density at radius 2 is 1.81 bits per heavy atom. The van der Waals surface area contributed by atoms with Crippen molar-refractivity contribution < 1.29 is 41.8 Å². The molecular formula is C42H59N5O9S. The van der Waals surface area contributed by atoms with Crippen molar-refractivity contribution in [3.63, 3.8) is 0 Å². The lowest BCUT2D eigenvalue weighted by Gasteiger charge is -2.32. The summed E-state index contributed by atoms with van der Waals surface area (Å²) in [5.41, 5.74) is -1.46. The van der Waals surface area contributed by atoms with Crippen molar-refractivity contribution in [2.45, 2.75) is 122 Å². The highest BCUT2D eigenvalue weighted by atomic mass is 32.2. The first-order valence-electron chi connectivity index (χ1n) is 20.1. The van der Waals surface area contributed by atoms with Gasteiger partial charge in [-0.3, -0.25) is 23.9 Å². The van der Waals surface area contributed by atoms with E-state index in [0.29, 0.717) is 54.7 Å². The summed E-state index contributed by atoms with van der Waals surface area (Å²) in [7, 11) is 1.22. The summed E-state index contributed by atoms with van der Waals surface area (Å²) in [4.78, 5) is 69.7. The number of fused-ring (bicyclic) bond motifs is 3. The standard InChI is InChI=1S/C42H59N5O9S/c1-25-12-10-11-13-27-22-42(27,38(51)45-57(52,53)41(6)16-17-41)23-34(48)33-20-29(24-47(33)37(50)31(26(2)18-25)21-35(49)56-40(3,4)5)55-36-30-15-14-28(54-9)19-32(30)43-39(44-36)46(7)8/h11,13-15,19,25-27,29,31,33H,10,12,16-18,20-24H2,1-9H3,(H,45,51)/b13-11-/t25-,26-,27-,29-,31+,33+,42-/m1/s1. The van der Waals surface area contributed by atoms with Crippen molar-refractivity contribution in [3.8, 4) is 11.6 Å². The van der Waals surface area contributed by atoms with E-state index in [1.54, 1.807) is 57.9 Å². The van der Waals surface area contributed by atoms with Crippen LogP contribution in [0.3, 0.4) is 0 Å². The Morgan fingerprint density at radius 3 is 2.46 bits per heavy atom. The molecule has 15 heteroatoms. The Labute approximate surface area is 336 Å². The summed E-state index contributed by atoms with van der Waals surface area (Å²) < 4.78 is 45.6. The summed E-state index contributed by atoms with van der Waals surface area (Å²) in [5, 5.41) is 0.614. The molecule has 2 amide bonds. The zero-order chi connectivity index (χ0) is 41.7. The number of nitrogens with zero attached hydrogens (tertiary/aromatic N) is 4. The molecule has 0 spiro atoms. The third-order valence-electron chi connectivity index (χ3n) is 12.1. The van der Waals surface area contributed by atoms with Gasteiger partial charge >= 0.3 is 5.97 Å². The number of amides is 2. The van der Waals surface area contributed by atoms with Gasteiger partial charge in [-0.05, 0) is 96.1 Å². The normalized spacial score (nSPS) is 29.6. The lowest BCUT2D eigenvalue weighted by molar-refractivity contribution is -0.160. The first kappa shape index (κ1) is 42.3. The van der Waals surface area contributed by atoms with Gasteiger partial charge in [-0.1, -0.05) is 26.0 Å². The predicted octanol–water partition coefficient (Wildman–Crippen LogP) is 5.38. The van der Waals surface area contributed by atoms with Crippen LogP contribution in [0.4, 0.5) is 5.95 Å². The fraction of sp³-hybridized carbons (Fsp3) is 0.667. The number of hydrogen-bond donors (Lipinski definition) is 1. The number of methoxy groups -OCH3 is 1. The van der Waals surface area contributed by atoms with E-state index in [2.05, 4.69) is 16.6 Å². The fourth-order valence-corrected chi connectivity index (χ4v) is 9.62. The van der Waals surface area contributed by atoms with Crippen LogP contribution in [0.1, 0.15) is 99.3 Å². The zero-order valence-electron chi connectivity index (χ0n) is 34.8. The average molecular weight is 810 g/mol. The molecule has 0 bridgehead atoms. The Hall–Kier alpha value is -4.27. The van der Waals surface area contributed by atoms with E-state index in [4.69, 9.17) is 19.2 Å². The maximum Gasteiger partial charge on any atom is 0.307 e. The number of ketones is 1. The highest BCUT2D eigenvalue weighted by Gasteiger charge is 2.62. The molecule has 14 nitrogen and oxygen atoms in total. The molecule has 2 aliphatic carbocycles. The smallest absolute Gasteiger partial charge is 0.307 e. The van der Waals surface area contributed by atoms with Gasteiger partial charge in [0, 0.05) is 33.0 Å². The molecule has 0 unspecified atom stereocenters. The summed E-state index contributed by atoms with van der Waals surface area (Å²) in [6.07, 6.45) is 6.35. The molecule has 3 heterocycles. The Bertz CT molecular complexity index is 2040. The second-order valence-corrected chi connectivity index (χ2v) is 20.5. The number of sulfonamides is 1. The number of allylic oxidation sites excluding steroid dienone is 2. The minimum atomic E-state index is -3.96.